The van der Waals surface area contributed by atoms with E-state index >= 15 is 0 Å². The fourth-order valence-corrected chi connectivity index (χ4v) is 3.41. The van der Waals surface area contributed by atoms with Crippen molar-refractivity contribution in [3.63, 3.8) is 0 Å². The molecule has 0 radical (unpaired) electrons. The molecule has 1 saturated heterocycles. The summed E-state index contributed by atoms with van der Waals surface area (Å²) < 4.78 is 15.4. The smallest absolute Gasteiger partial charge is 0.251 e. The number of aromatic nitrogens is 2. The van der Waals surface area contributed by atoms with Crippen LogP contribution in [0.2, 0.25) is 0 Å². The number of nitrogens with one attached hydrogen (secondary N) is 1. The normalized spacial score (nSPS) is 14.8. The molecule has 1 N–H and O–H groups in total. The van der Waals surface area contributed by atoms with Crippen LogP contribution < -0.4 is 10.5 Å². The highest BCUT2D eigenvalue weighted by atomic mass is 19.1. The second-order valence-corrected chi connectivity index (χ2v) is 6.35. The fourth-order valence-electron chi connectivity index (χ4n) is 3.41. The second-order valence-electron chi connectivity index (χ2n) is 6.35. The van der Waals surface area contributed by atoms with Crippen molar-refractivity contribution in [2.45, 2.75) is 6.54 Å². The molecule has 26 heavy (non-hydrogen) atoms. The lowest BCUT2D eigenvalue weighted by molar-refractivity contribution is -0.132. The lowest BCUT2D eigenvalue weighted by Gasteiger charge is -2.36. The Morgan fingerprint density at radius 3 is 2.58 bits per heavy atom. The van der Waals surface area contributed by atoms with Crippen LogP contribution in [0.1, 0.15) is 0 Å². The number of amides is 1. The standard InChI is InChI=1S/C19H19FN4O2/c20-14-3-1-2-4-16(14)22-9-11-23(12-10-22)19(26)13-24-17-7-8-21-15(17)5-6-18(24)25/h1-8,21H,9-13H2. The zero-order valence-corrected chi connectivity index (χ0v) is 14.2. The van der Waals surface area contributed by atoms with E-state index in [-0.39, 0.29) is 23.8 Å². The molecule has 0 bridgehead atoms. The molecule has 1 aromatic carbocycles. The third-order valence-corrected chi connectivity index (χ3v) is 4.82. The van der Waals surface area contributed by atoms with Gasteiger partial charge in [-0.1, -0.05) is 12.1 Å². The molecule has 0 unspecified atom stereocenters. The first-order chi connectivity index (χ1) is 12.6. The molecular formula is C19H19FN4O2. The minimum atomic E-state index is -0.252. The molecule has 0 saturated carbocycles. The molecule has 6 nitrogen and oxygen atoms in total. The van der Waals surface area contributed by atoms with E-state index in [9.17, 15) is 14.0 Å². The number of anilines is 1. The van der Waals surface area contributed by atoms with Gasteiger partial charge in [0.25, 0.3) is 5.56 Å². The Morgan fingerprint density at radius 2 is 1.81 bits per heavy atom. The molecule has 7 heteroatoms. The zero-order chi connectivity index (χ0) is 18.1. The molecule has 1 fully saturated rings. The number of carbonyl (C=O) groups excluding carboxylic acids is 1. The van der Waals surface area contributed by atoms with E-state index in [0.717, 1.165) is 11.0 Å². The Hall–Kier alpha value is -3.09. The monoisotopic (exact) mass is 354 g/mol. The van der Waals surface area contributed by atoms with Crippen molar-refractivity contribution in [2.75, 3.05) is 31.1 Å². The Morgan fingerprint density at radius 1 is 1.04 bits per heavy atom. The van der Waals surface area contributed by atoms with Crippen molar-refractivity contribution in [2.24, 2.45) is 0 Å². The predicted molar refractivity (Wildman–Crippen MR) is 97.8 cm³/mol. The number of halogens is 1. The molecule has 1 aliphatic rings. The van der Waals surface area contributed by atoms with E-state index in [1.165, 1.54) is 16.7 Å². The first-order valence-electron chi connectivity index (χ1n) is 8.58. The van der Waals surface area contributed by atoms with Gasteiger partial charge in [-0.2, -0.15) is 0 Å². The predicted octanol–water partition coefficient (Wildman–Crippen LogP) is 1.82. The minimum absolute atomic E-state index is 0.00766. The second kappa shape index (κ2) is 6.67. The van der Waals surface area contributed by atoms with Gasteiger partial charge >= 0.3 is 0 Å². The number of para-hydroxylation sites is 1. The van der Waals surface area contributed by atoms with Crippen LogP contribution in [0.3, 0.4) is 0 Å². The van der Waals surface area contributed by atoms with Gasteiger partial charge in [0, 0.05) is 38.4 Å². The van der Waals surface area contributed by atoms with E-state index in [1.807, 2.05) is 4.90 Å². The zero-order valence-electron chi connectivity index (χ0n) is 14.2. The van der Waals surface area contributed by atoms with Crippen LogP contribution in [-0.2, 0) is 11.3 Å². The lowest BCUT2D eigenvalue weighted by atomic mass is 10.2. The summed E-state index contributed by atoms with van der Waals surface area (Å²) in [5, 5.41) is 0. The van der Waals surface area contributed by atoms with Crippen molar-refractivity contribution in [1.82, 2.24) is 14.5 Å². The van der Waals surface area contributed by atoms with Crippen LogP contribution in [-0.4, -0.2) is 46.5 Å². The SMILES string of the molecule is O=C(Cn1c(=O)ccc2[nH]ccc21)N1CCN(c2ccccc2F)CC1. The maximum absolute atomic E-state index is 13.9. The summed E-state index contributed by atoms with van der Waals surface area (Å²) in [6, 6.07) is 11.6. The van der Waals surface area contributed by atoms with E-state index in [1.54, 1.807) is 41.4 Å². The molecule has 3 heterocycles. The Labute approximate surface area is 149 Å². The molecule has 0 aliphatic carbocycles. The van der Waals surface area contributed by atoms with Gasteiger partial charge in [-0.25, -0.2) is 4.39 Å². The van der Waals surface area contributed by atoms with Crippen molar-refractivity contribution in [1.29, 1.82) is 0 Å². The number of H-pyrrole nitrogens is 1. The van der Waals surface area contributed by atoms with Crippen LogP contribution in [0, 0.1) is 5.82 Å². The third-order valence-electron chi connectivity index (χ3n) is 4.82. The van der Waals surface area contributed by atoms with Crippen LogP contribution in [0.25, 0.3) is 11.0 Å². The van der Waals surface area contributed by atoms with Crippen molar-refractivity contribution < 1.29 is 9.18 Å². The minimum Gasteiger partial charge on any atom is -0.366 e. The van der Waals surface area contributed by atoms with Crippen LogP contribution in [0.15, 0.2) is 53.5 Å². The highest BCUT2D eigenvalue weighted by Crippen LogP contribution is 2.20. The third kappa shape index (κ3) is 2.96. The van der Waals surface area contributed by atoms with Crippen LogP contribution >= 0.6 is 0 Å². The average Bonchev–Trinajstić information content (AvgIpc) is 3.13. The first kappa shape index (κ1) is 16.4. The highest BCUT2D eigenvalue weighted by molar-refractivity contribution is 5.80. The number of carbonyl (C=O) groups is 1. The number of hydrogen-bond acceptors (Lipinski definition) is 3. The summed E-state index contributed by atoms with van der Waals surface area (Å²) in [5.74, 6) is -0.355. The number of benzene rings is 1. The summed E-state index contributed by atoms with van der Waals surface area (Å²) in [7, 11) is 0. The summed E-state index contributed by atoms with van der Waals surface area (Å²) in [6.07, 6.45) is 1.75. The van der Waals surface area contributed by atoms with Gasteiger partial charge in [-0.15, -0.1) is 0 Å². The largest absolute Gasteiger partial charge is 0.366 e. The molecule has 0 spiro atoms. The summed E-state index contributed by atoms with van der Waals surface area (Å²) >= 11 is 0. The molecule has 1 amide bonds. The van der Waals surface area contributed by atoms with Crippen LogP contribution in [0.5, 0.6) is 0 Å². The summed E-state index contributed by atoms with van der Waals surface area (Å²) in [6.45, 7) is 2.15. The topological polar surface area (TPSA) is 61.3 Å². The van der Waals surface area contributed by atoms with Crippen molar-refractivity contribution in [3.05, 3.63) is 64.8 Å². The molecule has 1 aliphatic heterocycles. The van der Waals surface area contributed by atoms with E-state index in [4.69, 9.17) is 0 Å². The van der Waals surface area contributed by atoms with Gasteiger partial charge in [0.2, 0.25) is 5.91 Å². The van der Waals surface area contributed by atoms with E-state index in [2.05, 4.69) is 4.98 Å². The molecule has 134 valence electrons. The quantitative estimate of drug-likeness (QED) is 0.780. The maximum Gasteiger partial charge on any atom is 0.251 e. The van der Waals surface area contributed by atoms with E-state index in [0.29, 0.717) is 31.9 Å². The number of pyridine rings is 1. The van der Waals surface area contributed by atoms with E-state index < -0.39 is 0 Å². The Balaban J connectivity index is 1.46. The molecule has 2 aromatic heterocycles. The number of nitrogens with zero attached hydrogens (tertiary/aromatic N) is 3. The van der Waals surface area contributed by atoms with Crippen LogP contribution in [0.4, 0.5) is 10.1 Å². The number of fused-ring (bicyclic) bond motifs is 1. The molecule has 4 rings (SSSR count). The average molecular weight is 354 g/mol. The molecular weight excluding hydrogens is 335 g/mol. The molecule has 0 atom stereocenters. The van der Waals surface area contributed by atoms with Gasteiger partial charge in [0.1, 0.15) is 12.4 Å². The number of aromatic amines is 1. The summed E-state index contributed by atoms with van der Waals surface area (Å²) in [5.41, 5.74) is 1.90. The van der Waals surface area contributed by atoms with Gasteiger partial charge < -0.3 is 14.8 Å². The Kier molecular flexibility index (Phi) is 4.20. The highest BCUT2D eigenvalue weighted by Gasteiger charge is 2.23. The lowest BCUT2D eigenvalue weighted by Crippen LogP contribution is -2.50. The fraction of sp³-hybridized carbons (Fsp3) is 0.263. The summed E-state index contributed by atoms with van der Waals surface area (Å²) in [4.78, 5) is 31.5. The van der Waals surface area contributed by atoms with Gasteiger partial charge in [0.15, 0.2) is 0 Å². The van der Waals surface area contributed by atoms with Crippen molar-refractivity contribution >= 4 is 22.6 Å². The van der Waals surface area contributed by atoms with Gasteiger partial charge in [-0.05, 0) is 24.3 Å². The van der Waals surface area contributed by atoms with Gasteiger partial charge in [0.05, 0.1) is 16.7 Å². The first-order valence-corrected chi connectivity index (χ1v) is 8.58. The van der Waals surface area contributed by atoms with Gasteiger partial charge in [-0.3, -0.25) is 14.2 Å². The maximum atomic E-state index is 13.9. The number of rotatable bonds is 3. The Bertz CT molecular complexity index is 1000. The van der Waals surface area contributed by atoms with Crippen molar-refractivity contribution in [3.8, 4) is 0 Å². The number of piperazine rings is 1. The molecule has 3 aromatic rings. The number of hydrogen-bond donors (Lipinski definition) is 1.